The van der Waals surface area contributed by atoms with Crippen molar-refractivity contribution in [3.63, 3.8) is 0 Å². The summed E-state index contributed by atoms with van der Waals surface area (Å²) in [4.78, 5) is 0. The summed E-state index contributed by atoms with van der Waals surface area (Å²) in [5.74, 6) is 1.56. The van der Waals surface area contributed by atoms with Crippen LogP contribution in [0.15, 0.2) is 30.3 Å². The maximum atomic E-state index is 5.66. The van der Waals surface area contributed by atoms with E-state index in [1.54, 1.807) is 4.68 Å². The van der Waals surface area contributed by atoms with Gasteiger partial charge in [0, 0.05) is 25.2 Å². The molecule has 0 aliphatic heterocycles. The molecule has 102 valence electrons. The van der Waals surface area contributed by atoms with Crippen LogP contribution < -0.4 is 15.2 Å². The number of ether oxygens (including phenoxy) is 2. The lowest BCUT2D eigenvalue weighted by Crippen LogP contribution is -2.12. The van der Waals surface area contributed by atoms with Crippen LogP contribution in [0, 0.1) is 6.92 Å². The molecule has 0 atom stereocenters. The van der Waals surface area contributed by atoms with E-state index in [4.69, 9.17) is 15.2 Å². The number of para-hydroxylation sites is 1. The monoisotopic (exact) mass is 261 g/mol. The molecule has 19 heavy (non-hydrogen) atoms. The van der Waals surface area contributed by atoms with Gasteiger partial charge in [0.2, 0.25) is 5.88 Å². The molecule has 0 unspecified atom stereocenters. The standard InChI is InChI=1S/C14H19N3O2/c1-11-9-14(17(2)16-11)19-8-7-18-13-6-4-3-5-12(13)10-15/h3-6,9H,7-8,10,15H2,1-2H3. The van der Waals surface area contributed by atoms with Crippen LogP contribution in [-0.2, 0) is 13.6 Å². The number of rotatable bonds is 6. The first-order valence-corrected chi connectivity index (χ1v) is 6.25. The topological polar surface area (TPSA) is 62.3 Å². The van der Waals surface area contributed by atoms with E-state index in [2.05, 4.69) is 5.10 Å². The van der Waals surface area contributed by atoms with Crippen LogP contribution >= 0.6 is 0 Å². The Morgan fingerprint density at radius 2 is 1.95 bits per heavy atom. The average molecular weight is 261 g/mol. The second kappa shape index (κ2) is 6.24. The molecular weight excluding hydrogens is 242 g/mol. The van der Waals surface area contributed by atoms with Crippen LogP contribution in [0.1, 0.15) is 11.3 Å². The predicted molar refractivity (Wildman–Crippen MR) is 73.3 cm³/mol. The lowest BCUT2D eigenvalue weighted by atomic mass is 10.2. The Balaban J connectivity index is 1.82. The summed E-state index contributed by atoms with van der Waals surface area (Å²) >= 11 is 0. The fraction of sp³-hybridized carbons (Fsp3) is 0.357. The van der Waals surface area contributed by atoms with Gasteiger partial charge in [0.25, 0.3) is 0 Å². The van der Waals surface area contributed by atoms with Crippen molar-refractivity contribution in [3.8, 4) is 11.6 Å². The van der Waals surface area contributed by atoms with Crippen LogP contribution in [0.3, 0.4) is 0 Å². The largest absolute Gasteiger partial charge is 0.490 e. The molecule has 0 amide bonds. The van der Waals surface area contributed by atoms with E-state index in [9.17, 15) is 0 Å². The maximum Gasteiger partial charge on any atom is 0.211 e. The van der Waals surface area contributed by atoms with Gasteiger partial charge in [-0.15, -0.1) is 0 Å². The highest BCUT2D eigenvalue weighted by molar-refractivity contribution is 5.32. The van der Waals surface area contributed by atoms with Crippen molar-refractivity contribution in [3.05, 3.63) is 41.6 Å². The highest BCUT2D eigenvalue weighted by Crippen LogP contribution is 2.17. The molecular formula is C14H19N3O2. The fourth-order valence-corrected chi connectivity index (χ4v) is 1.83. The molecule has 0 saturated heterocycles. The van der Waals surface area contributed by atoms with Crippen molar-refractivity contribution < 1.29 is 9.47 Å². The zero-order chi connectivity index (χ0) is 13.7. The van der Waals surface area contributed by atoms with Crippen molar-refractivity contribution in [2.24, 2.45) is 12.8 Å². The lowest BCUT2D eigenvalue weighted by molar-refractivity contribution is 0.205. The number of benzene rings is 1. The minimum Gasteiger partial charge on any atom is -0.490 e. The van der Waals surface area contributed by atoms with Gasteiger partial charge in [0.05, 0.1) is 5.69 Å². The zero-order valence-electron chi connectivity index (χ0n) is 11.3. The Labute approximate surface area is 112 Å². The summed E-state index contributed by atoms with van der Waals surface area (Å²) in [6.07, 6.45) is 0. The van der Waals surface area contributed by atoms with Crippen LogP contribution in [0.25, 0.3) is 0 Å². The van der Waals surface area contributed by atoms with E-state index < -0.39 is 0 Å². The Morgan fingerprint density at radius 1 is 1.21 bits per heavy atom. The minimum atomic E-state index is 0.470. The second-order valence-electron chi connectivity index (χ2n) is 4.26. The van der Waals surface area contributed by atoms with Gasteiger partial charge in [-0.25, -0.2) is 4.68 Å². The van der Waals surface area contributed by atoms with Crippen molar-refractivity contribution in [2.45, 2.75) is 13.5 Å². The van der Waals surface area contributed by atoms with Crippen LogP contribution in [0.5, 0.6) is 11.6 Å². The zero-order valence-corrected chi connectivity index (χ0v) is 11.3. The Morgan fingerprint density at radius 3 is 2.63 bits per heavy atom. The molecule has 1 aromatic heterocycles. The molecule has 5 nitrogen and oxygen atoms in total. The quantitative estimate of drug-likeness (QED) is 0.803. The molecule has 0 fully saturated rings. The highest BCUT2D eigenvalue weighted by atomic mass is 16.5. The number of aromatic nitrogens is 2. The Bertz CT molecular complexity index is 537. The van der Waals surface area contributed by atoms with Gasteiger partial charge in [-0.05, 0) is 13.0 Å². The first-order chi connectivity index (χ1) is 9.20. The van der Waals surface area contributed by atoms with Crippen LogP contribution in [0.4, 0.5) is 0 Å². The Kier molecular flexibility index (Phi) is 4.41. The maximum absolute atomic E-state index is 5.66. The third-order valence-electron chi connectivity index (χ3n) is 2.74. The molecule has 0 spiro atoms. The minimum absolute atomic E-state index is 0.470. The summed E-state index contributed by atoms with van der Waals surface area (Å²) in [5, 5.41) is 4.21. The third kappa shape index (κ3) is 3.48. The van der Waals surface area contributed by atoms with E-state index >= 15 is 0 Å². The summed E-state index contributed by atoms with van der Waals surface area (Å²) < 4.78 is 13.0. The number of hydrogen-bond acceptors (Lipinski definition) is 4. The molecule has 2 N–H and O–H groups in total. The molecule has 2 rings (SSSR count). The van der Waals surface area contributed by atoms with Gasteiger partial charge in [0.15, 0.2) is 0 Å². The molecule has 0 aliphatic rings. The number of nitrogens with two attached hydrogens (primary N) is 1. The molecule has 0 bridgehead atoms. The fourth-order valence-electron chi connectivity index (χ4n) is 1.83. The van der Waals surface area contributed by atoms with Gasteiger partial charge < -0.3 is 15.2 Å². The third-order valence-corrected chi connectivity index (χ3v) is 2.74. The SMILES string of the molecule is Cc1cc(OCCOc2ccccc2CN)n(C)n1. The van der Waals surface area contributed by atoms with E-state index in [0.717, 1.165) is 22.9 Å². The predicted octanol–water partition coefficient (Wildman–Crippen LogP) is 1.65. The van der Waals surface area contributed by atoms with Crippen LogP contribution in [0.2, 0.25) is 0 Å². The van der Waals surface area contributed by atoms with Gasteiger partial charge in [-0.2, -0.15) is 5.10 Å². The summed E-state index contributed by atoms with van der Waals surface area (Å²) in [7, 11) is 1.85. The summed E-state index contributed by atoms with van der Waals surface area (Å²) in [5.41, 5.74) is 7.58. The molecule has 2 aromatic rings. The summed E-state index contributed by atoms with van der Waals surface area (Å²) in [6, 6.07) is 9.65. The van der Waals surface area contributed by atoms with Crippen LogP contribution in [-0.4, -0.2) is 23.0 Å². The molecule has 0 saturated carbocycles. The van der Waals surface area contributed by atoms with Crippen molar-refractivity contribution in [1.29, 1.82) is 0 Å². The Hall–Kier alpha value is -2.01. The van der Waals surface area contributed by atoms with Gasteiger partial charge in [-0.3, -0.25) is 0 Å². The first-order valence-electron chi connectivity index (χ1n) is 6.25. The van der Waals surface area contributed by atoms with E-state index in [1.165, 1.54) is 0 Å². The first kappa shape index (κ1) is 13.4. The summed E-state index contributed by atoms with van der Waals surface area (Å²) in [6.45, 7) is 3.35. The van der Waals surface area contributed by atoms with E-state index in [-0.39, 0.29) is 0 Å². The number of hydrogen-bond donors (Lipinski definition) is 1. The highest BCUT2D eigenvalue weighted by Gasteiger charge is 2.04. The van der Waals surface area contributed by atoms with Crippen molar-refractivity contribution >= 4 is 0 Å². The average Bonchev–Trinajstić information content (AvgIpc) is 2.73. The molecule has 0 radical (unpaired) electrons. The van der Waals surface area contributed by atoms with E-state index in [1.807, 2.05) is 44.3 Å². The van der Waals surface area contributed by atoms with Gasteiger partial charge >= 0.3 is 0 Å². The van der Waals surface area contributed by atoms with E-state index in [0.29, 0.717) is 19.8 Å². The van der Waals surface area contributed by atoms with Crippen molar-refractivity contribution in [2.75, 3.05) is 13.2 Å². The number of nitrogens with zero attached hydrogens (tertiary/aromatic N) is 2. The van der Waals surface area contributed by atoms with Gasteiger partial charge in [0.1, 0.15) is 19.0 Å². The number of aryl methyl sites for hydroxylation is 2. The smallest absolute Gasteiger partial charge is 0.211 e. The molecule has 1 aromatic carbocycles. The lowest BCUT2D eigenvalue weighted by Gasteiger charge is -2.10. The second-order valence-corrected chi connectivity index (χ2v) is 4.26. The molecule has 1 heterocycles. The van der Waals surface area contributed by atoms with Crippen molar-refractivity contribution in [1.82, 2.24) is 9.78 Å². The van der Waals surface area contributed by atoms with Gasteiger partial charge in [-0.1, -0.05) is 18.2 Å². The normalized spacial score (nSPS) is 10.5. The molecule has 5 heteroatoms. The molecule has 0 aliphatic carbocycles.